The van der Waals surface area contributed by atoms with Crippen LogP contribution >= 0.6 is 11.6 Å². The van der Waals surface area contributed by atoms with E-state index in [0.29, 0.717) is 11.1 Å². The number of nitrogens with zero attached hydrogens (tertiary/aromatic N) is 1. The molecule has 0 heterocycles. The predicted octanol–water partition coefficient (Wildman–Crippen LogP) is 5.26. The third-order valence-electron chi connectivity index (χ3n) is 3.96. The first-order valence-corrected chi connectivity index (χ1v) is 8.04. The highest BCUT2D eigenvalue weighted by Gasteiger charge is 2.25. The van der Waals surface area contributed by atoms with Gasteiger partial charge in [-0.05, 0) is 17.2 Å². The fraction of sp³-hybridized carbons (Fsp3) is 0.0500. The zero-order valence-corrected chi connectivity index (χ0v) is 13.9. The van der Waals surface area contributed by atoms with E-state index in [4.69, 9.17) is 11.6 Å². The smallest absolute Gasteiger partial charge is 0.287 e. The lowest BCUT2D eigenvalue weighted by molar-refractivity contribution is -0.384. The standard InChI is InChI=1S/C20H14ClNO3/c21-17-13-16(11-12-18(17)22(24)25)19(14-7-3-1-4-8-14)20(23)15-9-5-2-6-10-15/h1-13,19H. The van der Waals surface area contributed by atoms with Gasteiger partial charge in [0.1, 0.15) is 5.02 Å². The summed E-state index contributed by atoms with van der Waals surface area (Å²) in [6.07, 6.45) is 0. The molecular formula is C20H14ClNO3. The van der Waals surface area contributed by atoms with Crippen LogP contribution in [0.5, 0.6) is 0 Å². The lowest BCUT2D eigenvalue weighted by atomic mass is 9.85. The molecule has 0 saturated carbocycles. The van der Waals surface area contributed by atoms with Crippen LogP contribution in [-0.4, -0.2) is 10.7 Å². The minimum atomic E-state index is -0.582. The monoisotopic (exact) mass is 351 g/mol. The van der Waals surface area contributed by atoms with Crippen LogP contribution in [0.25, 0.3) is 0 Å². The zero-order valence-electron chi connectivity index (χ0n) is 13.1. The molecule has 0 amide bonds. The summed E-state index contributed by atoms with van der Waals surface area (Å²) in [6, 6.07) is 22.7. The minimum Gasteiger partial charge on any atom is -0.293 e. The Bertz CT molecular complexity index is 911. The zero-order chi connectivity index (χ0) is 17.8. The van der Waals surface area contributed by atoms with E-state index in [9.17, 15) is 14.9 Å². The molecule has 4 nitrogen and oxygen atoms in total. The molecule has 0 aliphatic carbocycles. The predicted molar refractivity (Wildman–Crippen MR) is 97.2 cm³/mol. The Hall–Kier alpha value is -2.98. The first-order chi connectivity index (χ1) is 12.1. The quantitative estimate of drug-likeness (QED) is 0.357. The van der Waals surface area contributed by atoms with Gasteiger partial charge in [-0.15, -0.1) is 0 Å². The average molecular weight is 352 g/mol. The number of halogens is 1. The van der Waals surface area contributed by atoms with Crippen molar-refractivity contribution in [2.24, 2.45) is 0 Å². The number of benzene rings is 3. The van der Waals surface area contributed by atoms with Gasteiger partial charge >= 0.3 is 0 Å². The molecule has 0 aliphatic rings. The van der Waals surface area contributed by atoms with Crippen molar-refractivity contribution in [1.82, 2.24) is 0 Å². The first-order valence-electron chi connectivity index (χ1n) is 7.66. The van der Waals surface area contributed by atoms with Gasteiger partial charge in [0.25, 0.3) is 5.69 Å². The summed E-state index contributed by atoms with van der Waals surface area (Å²) in [5, 5.41) is 11.0. The van der Waals surface area contributed by atoms with Gasteiger partial charge < -0.3 is 0 Å². The molecule has 3 rings (SSSR count). The SMILES string of the molecule is O=C(c1ccccc1)C(c1ccccc1)c1ccc([N+](=O)[O-])c(Cl)c1. The molecule has 1 unspecified atom stereocenters. The number of carbonyl (C=O) groups is 1. The molecule has 0 bridgehead atoms. The molecule has 3 aromatic rings. The third kappa shape index (κ3) is 3.59. The molecule has 25 heavy (non-hydrogen) atoms. The van der Waals surface area contributed by atoms with Crippen molar-refractivity contribution in [3.8, 4) is 0 Å². The molecule has 3 aromatic carbocycles. The Morgan fingerprint density at radius 1 is 0.880 bits per heavy atom. The number of hydrogen-bond donors (Lipinski definition) is 0. The Morgan fingerprint density at radius 3 is 2.04 bits per heavy atom. The van der Waals surface area contributed by atoms with Gasteiger partial charge in [-0.3, -0.25) is 14.9 Å². The van der Waals surface area contributed by atoms with Crippen molar-refractivity contribution in [2.75, 3.05) is 0 Å². The van der Waals surface area contributed by atoms with Crippen LogP contribution in [0.4, 0.5) is 5.69 Å². The lowest BCUT2D eigenvalue weighted by Gasteiger charge is -2.17. The van der Waals surface area contributed by atoms with Gasteiger partial charge in [-0.2, -0.15) is 0 Å². The third-order valence-corrected chi connectivity index (χ3v) is 4.26. The lowest BCUT2D eigenvalue weighted by Crippen LogP contribution is -2.14. The van der Waals surface area contributed by atoms with Crippen LogP contribution in [0.2, 0.25) is 5.02 Å². The number of rotatable bonds is 5. The Morgan fingerprint density at radius 2 is 1.48 bits per heavy atom. The number of nitro benzene ring substituents is 1. The Labute approximate surface area is 149 Å². The number of nitro groups is 1. The molecular weight excluding hydrogens is 338 g/mol. The van der Waals surface area contributed by atoms with E-state index >= 15 is 0 Å². The summed E-state index contributed by atoms with van der Waals surface area (Å²) in [4.78, 5) is 23.5. The Balaban J connectivity index is 2.11. The second-order valence-corrected chi connectivity index (χ2v) is 5.95. The van der Waals surface area contributed by atoms with Crippen LogP contribution in [-0.2, 0) is 0 Å². The highest BCUT2D eigenvalue weighted by Crippen LogP contribution is 2.33. The summed E-state index contributed by atoms with van der Waals surface area (Å²) >= 11 is 6.05. The summed E-state index contributed by atoms with van der Waals surface area (Å²) in [7, 11) is 0. The second-order valence-electron chi connectivity index (χ2n) is 5.54. The van der Waals surface area contributed by atoms with E-state index < -0.39 is 10.8 Å². The number of hydrogen-bond acceptors (Lipinski definition) is 3. The van der Waals surface area contributed by atoms with Crippen molar-refractivity contribution in [1.29, 1.82) is 0 Å². The second kappa shape index (κ2) is 7.28. The molecule has 0 spiro atoms. The minimum absolute atomic E-state index is 0.0179. The van der Waals surface area contributed by atoms with Crippen molar-refractivity contribution in [2.45, 2.75) is 5.92 Å². The van der Waals surface area contributed by atoms with E-state index in [1.165, 1.54) is 12.1 Å². The molecule has 0 radical (unpaired) electrons. The average Bonchev–Trinajstić information content (AvgIpc) is 2.63. The molecule has 124 valence electrons. The normalized spacial score (nSPS) is 11.7. The molecule has 0 aliphatic heterocycles. The van der Waals surface area contributed by atoms with Crippen molar-refractivity contribution in [3.05, 3.63) is 111 Å². The molecule has 5 heteroatoms. The first kappa shape index (κ1) is 16.9. The van der Waals surface area contributed by atoms with E-state index in [0.717, 1.165) is 5.56 Å². The van der Waals surface area contributed by atoms with Gasteiger partial charge in [-0.1, -0.05) is 78.3 Å². The maximum atomic E-state index is 13.1. The molecule has 1 atom stereocenters. The van der Waals surface area contributed by atoms with E-state index in [2.05, 4.69) is 0 Å². The molecule has 0 saturated heterocycles. The topological polar surface area (TPSA) is 60.2 Å². The number of Topliss-reactive ketones (excluding diaryl/α,β-unsaturated/α-hetero) is 1. The molecule has 0 aromatic heterocycles. The largest absolute Gasteiger partial charge is 0.293 e. The summed E-state index contributed by atoms with van der Waals surface area (Å²) in [5.74, 6) is -0.668. The molecule has 0 N–H and O–H groups in total. The van der Waals surface area contributed by atoms with Gasteiger partial charge in [0.2, 0.25) is 0 Å². The fourth-order valence-electron chi connectivity index (χ4n) is 2.76. The van der Waals surface area contributed by atoms with Gasteiger partial charge in [0, 0.05) is 11.6 Å². The van der Waals surface area contributed by atoms with Crippen LogP contribution < -0.4 is 0 Å². The summed E-state index contributed by atoms with van der Waals surface area (Å²) in [6.45, 7) is 0. The summed E-state index contributed by atoms with van der Waals surface area (Å²) < 4.78 is 0. The van der Waals surface area contributed by atoms with Crippen LogP contribution in [0.15, 0.2) is 78.9 Å². The van der Waals surface area contributed by atoms with Crippen molar-refractivity contribution >= 4 is 23.1 Å². The van der Waals surface area contributed by atoms with Crippen LogP contribution in [0.1, 0.15) is 27.4 Å². The van der Waals surface area contributed by atoms with Crippen LogP contribution in [0.3, 0.4) is 0 Å². The fourth-order valence-corrected chi connectivity index (χ4v) is 3.02. The van der Waals surface area contributed by atoms with E-state index in [-0.39, 0.29) is 16.5 Å². The number of ketones is 1. The Kier molecular flexibility index (Phi) is 4.91. The maximum Gasteiger partial charge on any atom is 0.287 e. The maximum absolute atomic E-state index is 13.1. The van der Waals surface area contributed by atoms with Crippen LogP contribution in [0, 0.1) is 10.1 Å². The van der Waals surface area contributed by atoms with Crippen molar-refractivity contribution in [3.63, 3.8) is 0 Å². The van der Waals surface area contributed by atoms with E-state index in [1.807, 2.05) is 36.4 Å². The van der Waals surface area contributed by atoms with Gasteiger partial charge in [0.15, 0.2) is 5.78 Å². The van der Waals surface area contributed by atoms with Crippen molar-refractivity contribution < 1.29 is 9.72 Å². The highest BCUT2D eigenvalue weighted by molar-refractivity contribution is 6.32. The molecule has 0 fully saturated rings. The highest BCUT2D eigenvalue weighted by atomic mass is 35.5. The van der Waals surface area contributed by atoms with Gasteiger partial charge in [-0.25, -0.2) is 0 Å². The number of carbonyl (C=O) groups excluding carboxylic acids is 1. The van der Waals surface area contributed by atoms with Gasteiger partial charge in [0.05, 0.1) is 10.8 Å². The summed E-state index contributed by atoms with van der Waals surface area (Å²) in [5.41, 5.74) is 1.83. The van der Waals surface area contributed by atoms with E-state index in [1.54, 1.807) is 30.3 Å².